The van der Waals surface area contributed by atoms with Crippen LogP contribution in [0.15, 0.2) is 36.7 Å². The maximum absolute atomic E-state index is 13.3. The number of anilines is 1. The van der Waals surface area contributed by atoms with Crippen LogP contribution >= 0.6 is 0 Å². The zero-order valence-electron chi connectivity index (χ0n) is 15.6. The highest BCUT2D eigenvalue weighted by Crippen LogP contribution is 2.38. The number of rotatable bonds is 4. The largest absolute Gasteiger partial charge is 0.497 e. The molecule has 0 atom stereocenters. The molecule has 3 heterocycles. The standard InChI is InChI=1S/C20H21N3O4/c1-25-13-6-8-22-17(12-21-19(22)11-13)20(24)23-7-4-5-15-16(23)9-14(26-2)10-18(15)27-3/h6,8-12H,4-5,7H2,1-3H3. The Morgan fingerprint density at radius 1 is 1.07 bits per heavy atom. The van der Waals surface area contributed by atoms with Gasteiger partial charge in [0.15, 0.2) is 0 Å². The third kappa shape index (κ3) is 2.85. The lowest BCUT2D eigenvalue weighted by Gasteiger charge is -2.30. The predicted octanol–water partition coefficient (Wildman–Crippen LogP) is 2.95. The lowest BCUT2D eigenvalue weighted by Crippen LogP contribution is -2.36. The van der Waals surface area contributed by atoms with E-state index in [2.05, 4.69) is 4.98 Å². The maximum atomic E-state index is 13.3. The van der Waals surface area contributed by atoms with Gasteiger partial charge in [0.05, 0.1) is 33.2 Å². The first kappa shape index (κ1) is 17.2. The molecule has 0 saturated carbocycles. The number of fused-ring (bicyclic) bond motifs is 2. The first-order valence-corrected chi connectivity index (χ1v) is 8.74. The summed E-state index contributed by atoms with van der Waals surface area (Å²) >= 11 is 0. The van der Waals surface area contributed by atoms with E-state index in [4.69, 9.17) is 14.2 Å². The van der Waals surface area contributed by atoms with Crippen molar-refractivity contribution in [3.05, 3.63) is 47.9 Å². The average Bonchev–Trinajstić information content (AvgIpc) is 3.14. The van der Waals surface area contributed by atoms with Gasteiger partial charge in [0.25, 0.3) is 5.91 Å². The molecule has 1 amide bonds. The van der Waals surface area contributed by atoms with Crippen LogP contribution in [-0.2, 0) is 6.42 Å². The van der Waals surface area contributed by atoms with Gasteiger partial charge in [0.2, 0.25) is 0 Å². The van der Waals surface area contributed by atoms with Crippen LogP contribution in [0.3, 0.4) is 0 Å². The second-order valence-electron chi connectivity index (χ2n) is 6.33. The molecule has 1 aromatic carbocycles. The predicted molar refractivity (Wildman–Crippen MR) is 101 cm³/mol. The van der Waals surface area contributed by atoms with Crippen molar-refractivity contribution in [1.29, 1.82) is 0 Å². The van der Waals surface area contributed by atoms with Gasteiger partial charge in [0.1, 0.15) is 28.6 Å². The fourth-order valence-corrected chi connectivity index (χ4v) is 3.53. The van der Waals surface area contributed by atoms with Gasteiger partial charge >= 0.3 is 0 Å². The third-order valence-corrected chi connectivity index (χ3v) is 4.90. The van der Waals surface area contributed by atoms with Gasteiger partial charge in [-0.15, -0.1) is 0 Å². The molecule has 0 fully saturated rings. The summed E-state index contributed by atoms with van der Waals surface area (Å²) < 4.78 is 17.9. The molecule has 0 unspecified atom stereocenters. The second-order valence-corrected chi connectivity index (χ2v) is 6.33. The molecule has 7 nitrogen and oxygen atoms in total. The van der Waals surface area contributed by atoms with Crippen LogP contribution in [0, 0.1) is 0 Å². The Kier molecular flexibility index (Phi) is 4.35. The van der Waals surface area contributed by atoms with Crippen LogP contribution in [0.2, 0.25) is 0 Å². The number of imidazole rings is 1. The Morgan fingerprint density at radius 3 is 2.63 bits per heavy atom. The monoisotopic (exact) mass is 367 g/mol. The van der Waals surface area contributed by atoms with Crippen LogP contribution in [0.5, 0.6) is 17.2 Å². The highest BCUT2D eigenvalue weighted by atomic mass is 16.5. The maximum Gasteiger partial charge on any atom is 0.276 e. The molecule has 0 radical (unpaired) electrons. The van der Waals surface area contributed by atoms with E-state index in [0.29, 0.717) is 29.4 Å². The number of nitrogens with zero attached hydrogens (tertiary/aromatic N) is 3. The Morgan fingerprint density at radius 2 is 1.89 bits per heavy atom. The van der Waals surface area contributed by atoms with E-state index in [1.54, 1.807) is 49.1 Å². The summed E-state index contributed by atoms with van der Waals surface area (Å²) in [6.07, 6.45) is 5.12. The minimum Gasteiger partial charge on any atom is -0.497 e. The molecule has 140 valence electrons. The molecular weight excluding hydrogens is 346 g/mol. The highest BCUT2D eigenvalue weighted by Gasteiger charge is 2.28. The lowest BCUT2D eigenvalue weighted by molar-refractivity contribution is 0.0979. The quantitative estimate of drug-likeness (QED) is 0.709. The van der Waals surface area contributed by atoms with Gasteiger partial charge in [-0.25, -0.2) is 4.98 Å². The molecule has 0 saturated heterocycles. The Bertz CT molecular complexity index is 1010. The molecular formula is C20H21N3O4. The minimum absolute atomic E-state index is 0.107. The van der Waals surface area contributed by atoms with Crippen molar-refractivity contribution >= 4 is 17.2 Å². The normalized spacial score (nSPS) is 13.4. The van der Waals surface area contributed by atoms with E-state index in [1.807, 2.05) is 18.2 Å². The number of methoxy groups -OCH3 is 3. The van der Waals surface area contributed by atoms with E-state index in [1.165, 1.54) is 0 Å². The molecule has 1 aliphatic rings. The van der Waals surface area contributed by atoms with Crippen LogP contribution < -0.4 is 19.1 Å². The number of hydrogen-bond acceptors (Lipinski definition) is 5. The SMILES string of the molecule is COc1cc(OC)c2c(c1)N(C(=O)c1cnc3cc(OC)ccn13)CCC2. The fourth-order valence-electron chi connectivity index (χ4n) is 3.53. The molecule has 4 rings (SSSR count). The first-order chi connectivity index (χ1) is 13.2. The number of pyridine rings is 1. The van der Waals surface area contributed by atoms with Crippen LogP contribution in [0.4, 0.5) is 5.69 Å². The van der Waals surface area contributed by atoms with Crippen LogP contribution in [0.25, 0.3) is 5.65 Å². The van der Waals surface area contributed by atoms with Crippen molar-refractivity contribution < 1.29 is 19.0 Å². The number of benzene rings is 1. The molecule has 3 aromatic rings. The number of aromatic nitrogens is 2. The minimum atomic E-state index is -0.107. The van der Waals surface area contributed by atoms with Crippen molar-refractivity contribution in [2.24, 2.45) is 0 Å². The van der Waals surface area contributed by atoms with Crippen molar-refractivity contribution in [1.82, 2.24) is 9.38 Å². The summed E-state index contributed by atoms with van der Waals surface area (Å²) in [4.78, 5) is 19.5. The van der Waals surface area contributed by atoms with Crippen LogP contribution in [-0.4, -0.2) is 43.2 Å². The number of carbonyl (C=O) groups is 1. The smallest absolute Gasteiger partial charge is 0.276 e. The lowest BCUT2D eigenvalue weighted by atomic mass is 9.99. The summed E-state index contributed by atoms with van der Waals surface area (Å²) in [5.41, 5.74) is 3.01. The Labute approximate surface area is 157 Å². The second kappa shape index (κ2) is 6.83. The summed E-state index contributed by atoms with van der Waals surface area (Å²) in [7, 11) is 4.84. The number of carbonyl (C=O) groups excluding carboxylic acids is 1. The van der Waals surface area contributed by atoms with Crippen LogP contribution in [0.1, 0.15) is 22.5 Å². The summed E-state index contributed by atoms with van der Waals surface area (Å²) in [6.45, 7) is 0.630. The van der Waals surface area contributed by atoms with Crippen molar-refractivity contribution in [3.8, 4) is 17.2 Å². The Balaban J connectivity index is 1.78. The van der Waals surface area contributed by atoms with E-state index in [-0.39, 0.29) is 5.91 Å². The molecule has 1 aliphatic heterocycles. The zero-order valence-corrected chi connectivity index (χ0v) is 15.6. The molecule has 7 heteroatoms. The van der Waals surface area contributed by atoms with Gasteiger partial charge in [0, 0.05) is 36.5 Å². The Hall–Kier alpha value is -3.22. The molecule has 27 heavy (non-hydrogen) atoms. The van der Waals surface area contributed by atoms with Gasteiger partial charge in [-0.3, -0.25) is 9.20 Å². The zero-order chi connectivity index (χ0) is 19.0. The molecule has 0 spiro atoms. The van der Waals surface area contributed by atoms with Gasteiger partial charge in [-0.1, -0.05) is 0 Å². The third-order valence-electron chi connectivity index (χ3n) is 4.90. The fraction of sp³-hybridized carbons (Fsp3) is 0.300. The topological polar surface area (TPSA) is 65.3 Å². The van der Waals surface area contributed by atoms with E-state index < -0.39 is 0 Å². The summed E-state index contributed by atoms with van der Waals surface area (Å²) in [6, 6.07) is 7.35. The number of hydrogen-bond donors (Lipinski definition) is 0. The molecule has 2 aromatic heterocycles. The molecule has 0 bridgehead atoms. The number of ether oxygens (including phenoxy) is 3. The average molecular weight is 367 g/mol. The molecule has 0 aliphatic carbocycles. The van der Waals surface area contributed by atoms with E-state index >= 15 is 0 Å². The van der Waals surface area contributed by atoms with E-state index in [0.717, 1.165) is 29.8 Å². The van der Waals surface area contributed by atoms with Gasteiger partial charge in [-0.05, 0) is 18.9 Å². The van der Waals surface area contributed by atoms with Crippen molar-refractivity contribution in [2.75, 3.05) is 32.8 Å². The molecule has 0 N–H and O–H groups in total. The highest BCUT2D eigenvalue weighted by molar-refractivity contribution is 6.06. The first-order valence-electron chi connectivity index (χ1n) is 8.74. The van der Waals surface area contributed by atoms with Crippen molar-refractivity contribution in [2.45, 2.75) is 12.8 Å². The summed E-state index contributed by atoms with van der Waals surface area (Å²) in [5, 5.41) is 0. The number of amides is 1. The van der Waals surface area contributed by atoms with Crippen molar-refractivity contribution in [3.63, 3.8) is 0 Å². The van der Waals surface area contributed by atoms with E-state index in [9.17, 15) is 4.79 Å². The van der Waals surface area contributed by atoms with Gasteiger partial charge < -0.3 is 19.1 Å². The van der Waals surface area contributed by atoms with Gasteiger partial charge in [-0.2, -0.15) is 0 Å². The summed E-state index contributed by atoms with van der Waals surface area (Å²) in [5.74, 6) is 1.99.